The van der Waals surface area contributed by atoms with Crippen LogP contribution in [-0.4, -0.2) is 12.6 Å². The maximum Gasteiger partial charge on any atom is 0.0514 e. The zero-order valence-electron chi connectivity index (χ0n) is 9.75. The van der Waals surface area contributed by atoms with Crippen molar-refractivity contribution in [1.29, 1.82) is 0 Å². The minimum Gasteiger partial charge on any atom is -0.399 e. The number of benzene rings is 1. The number of hydrogen-bond acceptors (Lipinski definition) is 2. The van der Waals surface area contributed by atoms with Crippen LogP contribution in [0.15, 0.2) is 22.7 Å². The minimum atomic E-state index is 0.627. The first kappa shape index (κ1) is 11.8. The van der Waals surface area contributed by atoms with Gasteiger partial charge in [-0.2, -0.15) is 0 Å². The lowest BCUT2D eigenvalue weighted by Gasteiger charge is -2.30. The number of hydrogen-bond donors (Lipinski definition) is 1. The van der Waals surface area contributed by atoms with E-state index < -0.39 is 0 Å². The van der Waals surface area contributed by atoms with Crippen LogP contribution in [0.4, 0.5) is 11.4 Å². The predicted molar refractivity (Wildman–Crippen MR) is 73.8 cm³/mol. The third-order valence-electron chi connectivity index (χ3n) is 3.33. The lowest BCUT2D eigenvalue weighted by atomic mass is 10.1. The minimum absolute atomic E-state index is 0.627. The number of nitrogens with two attached hydrogens (primary N) is 1. The molecule has 1 unspecified atom stereocenters. The molecule has 3 heteroatoms. The van der Waals surface area contributed by atoms with E-state index in [1.165, 1.54) is 31.4 Å². The van der Waals surface area contributed by atoms with Crippen molar-refractivity contribution >= 4 is 27.3 Å². The number of nitrogen functional groups attached to an aromatic ring is 1. The van der Waals surface area contributed by atoms with Gasteiger partial charge in [-0.05, 0) is 53.9 Å². The van der Waals surface area contributed by atoms with Crippen LogP contribution < -0.4 is 10.6 Å². The highest BCUT2D eigenvalue weighted by atomic mass is 79.9. The van der Waals surface area contributed by atoms with Crippen molar-refractivity contribution in [2.24, 2.45) is 0 Å². The van der Waals surface area contributed by atoms with Gasteiger partial charge in [0.05, 0.1) is 5.69 Å². The molecule has 1 aliphatic heterocycles. The Balaban J connectivity index is 2.27. The second-order valence-corrected chi connectivity index (χ2v) is 5.46. The molecule has 0 spiro atoms. The van der Waals surface area contributed by atoms with Crippen molar-refractivity contribution in [3.8, 4) is 0 Å². The lowest BCUT2D eigenvalue weighted by Crippen LogP contribution is -2.32. The molecule has 2 rings (SSSR count). The summed E-state index contributed by atoms with van der Waals surface area (Å²) in [6.45, 7) is 3.47. The summed E-state index contributed by atoms with van der Waals surface area (Å²) in [7, 11) is 0. The van der Waals surface area contributed by atoms with Crippen LogP contribution >= 0.6 is 15.9 Å². The zero-order chi connectivity index (χ0) is 11.5. The van der Waals surface area contributed by atoms with Gasteiger partial charge in [-0.3, -0.25) is 0 Å². The summed E-state index contributed by atoms with van der Waals surface area (Å²) in [6.07, 6.45) is 5.29. The van der Waals surface area contributed by atoms with Gasteiger partial charge in [0.25, 0.3) is 0 Å². The highest BCUT2D eigenvalue weighted by molar-refractivity contribution is 9.10. The Morgan fingerprint density at radius 3 is 2.88 bits per heavy atom. The number of rotatable bonds is 1. The van der Waals surface area contributed by atoms with Crippen molar-refractivity contribution in [1.82, 2.24) is 0 Å². The molecule has 1 aromatic carbocycles. The highest BCUT2D eigenvalue weighted by Gasteiger charge is 2.18. The Morgan fingerprint density at radius 1 is 1.31 bits per heavy atom. The Labute approximate surface area is 106 Å². The first-order valence-electron chi connectivity index (χ1n) is 6.00. The van der Waals surface area contributed by atoms with Crippen molar-refractivity contribution in [2.45, 2.75) is 38.6 Å². The number of anilines is 2. The molecule has 2 nitrogen and oxygen atoms in total. The zero-order valence-corrected chi connectivity index (χ0v) is 11.3. The summed E-state index contributed by atoms with van der Waals surface area (Å²) in [4.78, 5) is 2.50. The molecule has 1 aliphatic rings. The number of nitrogens with zero attached hydrogens (tertiary/aromatic N) is 1. The molecule has 1 heterocycles. The van der Waals surface area contributed by atoms with Gasteiger partial charge in [0.1, 0.15) is 0 Å². The van der Waals surface area contributed by atoms with Crippen LogP contribution in [-0.2, 0) is 0 Å². The van der Waals surface area contributed by atoms with Gasteiger partial charge in [-0.25, -0.2) is 0 Å². The van der Waals surface area contributed by atoms with Gasteiger partial charge >= 0.3 is 0 Å². The summed E-state index contributed by atoms with van der Waals surface area (Å²) >= 11 is 3.61. The fourth-order valence-corrected chi connectivity index (χ4v) is 3.01. The Morgan fingerprint density at radius 2 is 2.12 bits per heavy atom. The maximum absolute atomic E-state index is 5.77. The molecule has 88 valence electrons. The third-order valence-corrected chi connectivity index (χ3v) is 3.97. The standard InChI is InChI=1S/C13H19BrN2/c1-10-5-3-2-4-8-16(10)13-7-6-11(15)9-12(13)14/h6-7,9-10H,2-5,8,15H2,1H3. The normalized spacial score (nSPS) is 21.9. The van der Waals surface area contributed by atoms with Crippen LogP contribution in [0.5, 0.6) is 0 Å². The molecule has 1 atom stereocenters. The summed E-state index contributed by atoms with van der Waals surface area (Å²) < 4.78 is 1.11. The molecule has 0 aliphatic carbocycles. The van der Waals surface area contributed by atoms with Gasteiger partial charge in [0, 0.05) is 22.7 Å². The topological polar surface area (TPSA) is 29.3 Å². The van der Waals surface area contributed by atoms with Gasteiger partial charge in [-0.15, -0.1) is 0 Å². The van der Waals surface area contributed by atoms with E-state index >= 15 is 0 Å². The molecular weight excluding hydrogens is 264 g/mol. The first-order valence-corrected chi connectivity index (χ1v) is 6.79. The van der Waals surface area contributed by atoms with Crippen LogP contribution in [0, 0.1) is 0 Å². The molecule has 1 aromatic rings. The quantitative estimate of drug-likeness (QED) is 0.794. The molecule has 2 N–H and O–H groups in total. The average Bonchev–Trinajstić information content (AvgIpc) is 2.44. The molecule has 0 aromatic heterocycles. The van der Waals surface area contributed by atoms with Crippen molar-refractivity contribution in [3.63, 3.8) is 0 Å². The Hall–Kier alpha value is -0.700. The van der Waals surface area contributed by atoms with E-state index in [0.29, 0.717) is 6.04 Å². The fraction of sp³-hybridized carbons (Fsp3) is 0.538. The summed E-state index contributed by atoms with van der Waals surface area (Å²) in [5.74, 6) is 0. The smallest absolute Gasteiger partial charge is 0.0514 e. The Bertz CT molecular complexity index is 365. The summed E-state index contributed by atoms with van der Waals surface area (Å²) in [5.41, 5.74) is 7.87. The van der Waals surface area contributed by atoms with Crippen LogP contribution in [0.25, 0.3) is 0 Å². The highest BCUT2D eigenvalue weighted by Crippen LogP contribution is 2.32. The molecule has 0 radical (unpaired) electrons. The van der Waals surface area contributed by atoms with Gasteiger partial charge in [0.15, 0.2) is 0 Å². The summed E-state index contributed by atoms with van der Waals surface area (Å²) in [6, 6.07) is 6.73. The molecule has 1 fully saturated rings. The molecule has 0 saturated carbocycles. The lowest BCUT2D eigenvalue weighted by molar-refractivity contribution is 0.615. The molecular formula is C13H19BrN2. The third kappa shape index (κ3) is 2.51. The molecule has 16 heavy (non-hydrogen) atoms. The summed E-state index contributed by atoms with van der Waals surface area (Å²) in [5, 5.41) is 0. The van der Waals surface area contributed by atoms with Crippen molar-refractivity contribution < 1.29 is 0 Å². The largest absolute Gasteiger partial charge is 0.399 e. The average molecular weight is 283 g/mol. The van der Waals surface area contributed by atoms with Crippen LogP contribution in [0.2, 0.25) is 0 Å². The fourth-order valence-electron chi connectivity index (χ4n) is 2.39. The number of halogens is 1. The van der Waals surface area contributed by atoms with Crippen LogP contribution in [0.3, 0.4) is 0 Å². The van der Waals surface area contributed by atoms with E-state index in [2.05, 4.69) is 33.8 Å². The predicted octanol–water partition coefficient (Wildman–Crippen LogP) is 3.80. The second-order valence-electron chi connectivity index (χ2n) is 4.60. The molecule has 1 saturated heterocycles. The van der Waals surface area contributed by atoms with E-state index in [0.717, 1.165) is 16.7 Å². The molecule has 0 bridgehead atoms. The van der Waals surface area contributed by atoms with Gasteiger partial charge in [0.2, 0.25) is 0 Å². The maximum atomic E-state index is 5.77. The molecule has 0 amide bonds. The van der Waals surface area contributed by atoms with E-state index in [9.17, 15) is 0 Å². The Kier molecular flexibility index (Phi) is 3.74. The van der Waals surface area contributed by atoms with E-state index in [1.54, 1.807) is 0 Å². The SMILES string of the molecule is CC1CCCCCN1c1ccc(N)cc1Br. The van der Waals surface area contributed by atoms with Gasteiger partial charge in [-0.1, -0.05) is 12.8 Å². The van der Waals surface area contributed by atoms with E-state index in [1.807, 2.05) is 12.1 Å². The van der Waals surface area contributed by atoms with Gasteiger partial charge < -0.3 is 10.6 Å². The van der Waals surface area contributed by atoms with Crippen molar-refractivity contribution in [2.75, 3.05) is 17.2 Å². The van der Waals surface area contributed by atoms with E-state index in [-0.39, 0.29) is 0 Å². The monoisotopic (exact) mass is 282 g/mol. The van der Waals surface area contributed by atoms with Crippen molar-refractivity contribution in [3.05, 3.63) is 22.7 Å². The van der Waals surface area contributed by atoms with E-state index in [4.69, 9.17) is 5.73 Å². The van der Waals surface area contributed by atoms with Crippen LogP contribution in [0.1, 0.15) is 32.6 Å². The second kappa shape index (κ2) is 5.09. The first-order chi connectivity index (χ1) is 7.68.